The smallest absolute Gasteiger partial charge is 0.234 e. The number of fused-ring (bicyclic) bond motifs is 2. The maximum absolute atomic E-state index is 13.5. The molecule has 1 N–H and O–H groups in total. The first-order valence-corrected chi connectivity index (χ1v) is 11.5. The lowest BCUT2D eigenvalue weighted by molar-refractivity contribution is -0.132. The van der Waals surface area contributed by atoms with Crippen molar-refractivity contribution in [2.45, 2.75) is 37.5 Å². The molecule has 1 spiro atoms. The lowest BCUT2D eigenvalue weighted by Crippen LogP contribution is -2.46. The van der Waals surface area contributed by atoms with Crippen LogP contribution in [0, 0.1) is 11.8 Å². The van der Waals surface area contributed by atoms with Crippen molar-refractivity contribution in [3.05, 3.63) is 66.2 Å². The SMILES string of the molecule is C[C@H](CCc1ccccc1)NC(=O)[C@H]1[C@H]2C=C[C@@]3(CN(c4ccc5c(c4)OCO5)C(=O)[C@@H]13)O2. The molecule has 5 atom stereocenters. The number of nitrogens with one attached hydrogen (secondary N) is 1. The van der Waals surface area contributed by atoms with Gasteiger partial charge in [-0.25, -0.2) is 0 Å². The van der Waals surface area contributed by atoms with Gasteiger partial charge >= 0.3 is 0 Å². The van der Waals surface area contributed by atoms with Crippen LogP contribution in [0.5, 0.6) is 11.5 Å². The Labute approximate surface area is 192 Å². The fraction of sp³-hybridized carbons (Fsp3) is 0.385. The van der Waals surface area contributed by atoms with Crippen molar-refractivity contribution in [1.29, 1.82) is 0 Å². The third-order valence-electron chi connectivity index (χ3n) is 7.17. The summed E-state index contributed by atoms with van der Waals surface area (Å²) >= 11 is 0. The van der Waals surface area contributed by atoms with Gasteiger partial charge in [0.05, 0.1) is 24.5 Å². The highest BCUT2D eigenvalue weighted by Crippen LogP contribution is 2.53. The highest BCUT2D eigenvalue weighted by atomic mass is 16.7. The number of aryl methyl sites for hydroxylation is 1. The summed E-state index contributed by atoms with van der Waals surface area (Å²) in [7, 11) is 0. The molecule has 4 aliphatic rings. The number of amides is 2. The molecule has 2 saturated heterocycles. The van der Waals surface area contributed by atoms with Crippen LogP contribution >= 0.6 is 0 Å². The number of hydrogen-bond acceptors (Lipinski definition) is 5. The highest BCUT2D eigenvalue weighted by molar-refractivity contribution is 6.03. The van der Waals surface area contributed by atoms with Gasteiger partial charge in [0.2, 0.25) is 18.6 Å². The van der Waals surface area contributed by atoms with Crippen molar-refractivity contribution in [3.63, 3.8) is 0 Å². The average Bonchev–Trinajstić information content (AvgIpc) is 3.58. The monoisotopic (exact) mass is 446 g/mol. The quantitative estimate of drug-likeness (QED) is 0.691. The van der Waals surface area contributed by atoms with E-state index in [9.17, 15) is 9.59 Å². The number of ether oxygens (including phenoxy) is 3. The largest absolute Gasteiger partial charge is 0.454 e. The fourth-order valence-corrected chi connectivity index (χ4v) is 5.51. The fourth-order valence-electron chi connectivity index (χ4n) is 5.51. The van der Waals surface area contributed by atoms with E-state index in [-0.39, 0.29) is 30.8 Å². The average molecular weight is 447 g/mol. The highest BCUT2D eigenvalue weighted by Gasteiger charge is 2.67. The van der Waals surface area contributed by atoms with E-state index < -0.39 is 17.4 Å². The van der Waals surface area contributed by atoms with Crippen LogP contribution < -0.4 is 19.7 Å². The van der Waals surface area contributed by atoms with E-state index in [0.29, 0.717) is 18.0 Å². The van der Waals surface area contributed by atoms with Crippen LogP contribution in [0.2, 0.25) is 0 Å². The molecule has 4 aliphatic heterocycles. The molecule has 2 aromatic carbocycles. The molecule has 7 nitrogen and oxygen atoms in total. The van der Waals surface area contributed by atoms with E-state index in [1.807, 2.05) is 55.5 Å². The van der Waals surface area contributed by atoms with Crippen molar-refractivity contribution < 1.29 is 23.8 Å². The minimum Gasteiger partial charge on any atom is -0.454 e. The zero-order valence-corrected chi connectivity index (χ0v) is 18.4. The molecule has 33 heavy (non-hydrogen) atoms. The number of carbonyl (C=O) groups is 2. The summed E-state index contributed by atoms with van der Waals surface area (Å²) in [5.41, 5.74) is 1.21. The Balaban J connectivity index is 1.17. The van der Waals surface area contributed by atoms with Gasteiger partial charge in [-0.3, -0.25) is 9.59 Å². The molecule has 2 amide bonds. The van der Waals surface area contributed by atoms with E-state index in [1.165, 1.54) is 5.56 Å². The molecule has 6 rings (SSSR count). The van der Waals surface area contributed by atoms with Gasteiger partial charge in [-0.2, -0.15) is 0 Å². The maximum Gasteiger partial charge on any atom is 0.234 e. The van der Waals surface area contributed by atoms with Gasteiger partial charge in [-0.1, -0.05) is 42.5 Å². The van der Waals surface area contributed by atoms with Gasteiger partial charge < -0.3 is 24.4 Å². The lowest BCUT2D eigenvalue weighted by Gasteiger charge is -2.25. The second-order valence-corrected chi connectivity index (χ2v) is 9.30. The minimum absolute atomic E-state index is 0.00164. The maximum atomic E-state index is 13.5. The van der Waals surface area contributed by atoms with Crippen LogP contribution in [-0.4, -0.2) is 42.9 Å². The van der Waals surface area contributed by atoms with Crippen LogP contribution in [-0.2, 0) is 20.7 Å². The predicted octanol–water partition coefficient (Wildman–Crippen LogP) is 2.84. The van der Waals surface area contributed by atoms with Crippen molar-refractivity contribution in [2.24, 2.45) is 11.8 Å². The Morgan fingerprint density at radius 3 is 2.85 bits per heavy atom. The summed E-state index contributed by atoms with van der Waals surface area (Å²) in [5.74, 6) is 0.0372. The Bertz CT molecular complexity index is 1130. The number of benzene rings is 2. The van der Waals surface area contributed by atoms with Crippen molar-refractivity contribution in [1.82, 2.24) is 5.32 Å². The zero-order chi connectivity index (χ0) is 22.6. The van der Waals surface area contributed by atoms with Gasteiger partial charge in [0.15, 0.2) is 11.5 Å². The standard InChI is InChI=1S/C26H26N2O5/c1-16(7-8-17-5-3-2-4-6-17)27-24(29)22-20-11-12-26(33-20)14-28(25(30)23(22)26)18-9-10-19-21(13-18)32-15-31-19/h2-6,9-13,16,20,22-23H,7-8,14-15H2,1H3,(H,27,29)/t16-,20-,22+,23-,26+/m1/s1. The molecule has 4 heterocycles. The Kier molecular flexibility index (Phi) is 4.69. The molecule has 7 heteroatoms. The van der Waals surface area contributed by atoms with Gasteiger partial charge in [0.1, 0.15) is 5.60 Å². The second-order valence-electron chi connectivity index (χ2n) is 9.30. The normalized spacial score (nSPS) is 29.4. The Morgan fingerprint density at radius 1 is 1.18 bits per heavy atom. The number of carbonyl (C=O) groups excluding carboxylic acids is 2. The summed E-state index contributed by atoms with van der Waals surface area (Å²) in [6.45, 7) is 2.57. The molecule has 0 radical (unpaired) electrons. The number of anilines is 1. The summed E-state index contributed by atoms with van der Waals surface area (Å²) in [6.07, 6.45) is 5.26. The van der Waals surface area contributed by atoms with E-state index in [4.69, 9.17) is 14.2 Å². The predicted molar refractivity (Wildman–Crippen MR) is 121 cm³/mol. The molecule has 0 aliphatic carbocycles. The van der Waals surface area contributed by atoms with Gasteiger partial charge in [-0.15, -0.1) is 0 Å². The third kappa shape index (κ3) is 3.30. The molecule has 2 bridgehead atoms. The Morgan fingerprint density at radius 2 is 2.00 bits per heavy atom. The van der Waals surface area contributed by atoms with Crippen LogP contribution in [0.15, 0.2) is 60.7 Å². The number of hydrogen-bond donors (Lipinski definition) is 1. The zero-order valence-electron chi connectivity index (χ0n) is 18.4. The van der Waals surface area contributed by atoms with E-state index in [0.717, 1.165) is 18.5 Å². The lowest BCUT2D eigenvalue weighted by atomic mass is 9.76. The molecule has 0 unspecified atom stereocenters. The third-order valence-corrected chi connectivity index (χ3v) is 7.17. The first-order valence-electron chi connectivity index (χ1n) is 11.5. The van der Waals surface area contributed by atoms with Crippen molar-refractivity contribution in [2.75, 3.05) is 18.2 Å². The Hall–Kier alpha value is -3.32. The summed E-state index contributed by atoms with van der Waals surface area (Å²) in [6, 6.07) is 15.7. The molecule has 170 valence electrons. The summed E-state index contributed by atoms with van der Waals surface area (Å²) < 4.78 is 17.1. The van der Waals surface area contributed by atoms with Gasteiger partial charge in [0, 0.05) is 17.8 Å². The van der Waals surface area contributed by atoms with Crippen LogP contribution in [0.25, 0.3) is 0 Å². The first-order chi connectivity index (χ1) is 16.0. The van der Waals surface area contributed by atoms with Crippen LogP contribution in [0.1, 0.15) is 18.9 Å². The van der Waals surface area contributed by atoms with Crippen molar-refractivity contribution >= 4 is 17.5 Å². The second kappa shape index (κ2) is 7.63. The first kappa shape index (κ1) is 20.3. The van der Waals surface area contributed by atoms with Gasteiger partial charge in [-0.05, 0) is 37.5 Å². The van der Waals surface area contributed by atoms with Crippen molar-refractivity contribution in [3.8, 4) is 11.5 Å². The van der Waals surface area contributed by atoms with Gasteiger partial charge in [0.25, 0.3) is 0 Å². The van der Waals surface area contributed by atoms with Crippen LogP contribution in [0.3, 0.4) is 0 Å². The van der Waals surface area contributed by atoms with E-state index in [2.05, 4.69) is 17.4 Å². The molecule has 2 fully saturated rings. The van der Waals surface area contributed by atoms with E-state index >= 15 is 0 Å². The number of nitrogens with zero attached hydrogens (tertiary/aromatic N) is 1. The molecular weight excluding hydrogens is 420 g/mol. The summed E-state index contributed by atoms with van der Waals surface area (Å²) in [4.78, 5) is 28.6. The summed E-state index contributed by atoms with van der Waals surface area (Å²) in [5, 5.41) is 3.14. The molecule has 0 saturated carbocycles. The minimum atomic E-state index is -0.757. The number of rotatable bonds is 6. The molecule has 0 aromatic heterocycles. The van der Waals surface area contributed by atoms with E-state index in [1.54, 1.807) is 4.90 Å². The molecule has 2 aromatic rings. The molecular formula is C26H26N2O5. The topological polar surface area (TPSA) is 77.1 Å². The van der Waals surface area contributed by atoms with Crippen LogP contribution in [0.4, 0.5) is 5.69 Å².